The summed E-state index contributed by atoms with van der Waals surface area (Å²) in [6.45, 7) is 2.21. The number of hydrogen-bond acceptors (Lipinski definition) is 7. The van der Waals surface area contributed by atoms with Crippen molar-refractivity contribution in [3.8, 4) is 5.75 Å². The van der Waals surface area contributed by atoms with Gasteiger partial charge in [0, 0.05) is 24.3 Å². The minimum Gasteiger partial charge on any atom is -0.484 e. The molecule has 3 N–H and O–H groups in total. The highest BCUT2D eigenvalue weighted by Gasteiger charge is 2.44. The molecule has 1 aliphatic carbocycles. The van der Waals surface area contributed by atoms with Crippen LogP contribution >= 0.6 is 0 Å². The number of nitrogens with one attached hydrogen (secondary N) is 3. The van der Waals surface area contributed by atoms with Crippen molar-refractivity contribution >= 4 is 11.4 Å². The maximum atomic E-state index is 14.5. The van der Waals surface area contributed by atoms with E-state index in [4.69, 9.17) is 9.47 Å². The van der Waals surface area contributed by atoms with E-state index in [1.165, 1.54) is 6.07 Å². The summed E-state index contributed by atoms with van der Waals surface area (Å²) >= 11 is 0. The second-order valence-corrected chi connectivity index (χ2v) is 8.42. The minimum absolute atomic E-state index is 0.0134. The van der Waals surface area contributed by atoms with E-state index in [2.05, 4.69) is 21.2 Å². The quantitative estimate of drug-likeness (QED) is 0.625. The molecule has 1 unspecified atom stereocenters. The van der Waals surface area contributed by atoms with Gasteiger partial charge in [-0.25, -0.2) is 9.82 Å². The first-order valence-corrected chi connectivity index (χ1v) is 10.2. The van der Waals surface area contributed by atoms with Gasteiger partial charge in [0.05, 0.1) is 30.6 Å². The normalized spacial score (nSPS) is 26.9. The molecule has 1 saturated carbocycles. The molecule has 11 heteroatoms. The van der Waals surface area contributed by atoms with E-state index in [0.29, 0.717) is 23.8 Å². The van der Waals surface area contributed by atoms with Crippen molar-refractivity contribution in [1.29, 1.82) is 0 Å². The summed E-state index contributed by atoms with van der Waals surface area (Å²) in [5.74, 6) is 0.299. The molecule has 168 valence electrons. The lowest BCUT2D eigenvalue weighted by atomic mass is 10.0. The number of hydrazine groups is 1. The fourth-order valence-electron chi connectivity index (χ4n) is 3.89. The average Bonchev–Trinajstić information content (AvgIpc) is 3.33. The number of anilines is 1. The summed E-state index contributed by atoms with van der Waals surface area (Å²) in [5.41, 5.74) is 7.69. The summed E-state index contributed by atoms with van der Waals surface area (Å²) in [5, 5.41) is 3.04. The highest BCUT2D eigenvalue weighted by Crippen LogP contribution is 2.43. The predicted molar refractivity (Wildman–Crippen MR) is 105 cm³/mol. The molecule has 0 radical (unpaired) electrons. The van der Waals surface area contributed by atoms with Gasteiger partial charge in [-0.3, -0.25) is 4.99 Å². The number of halogens is 4. The molecule has 1 saturated heterocycles. The van der Waals surface area contributed by atoms with Crippen LogP contribution in [-0.2, 0) is 4.74 Å². The van der Waals surface area contributed by atoms with E-state index >= 15 is 0 Å². The summed E-state index contributed by atoms with van der Waals surface area (Å²) in [7, 11) is 0. The molecule has 5 rings (SSSR count). The Kier molecular flexibility index (Phi) is 4.78. The van der Waals surface area contributed by atoms with Crippen LogP contribution < -0.4 is 20.9 Å². The zero-order valence-electron chi connectivity index (χ0n) is 16.9. The van der Waals surface area contributed by atoms with E-state index in [9.17, 15) is 17.6 Å². The van der Waals surface area contributed by atoms with Crippen LogP contribution in [0.4, 0.5) is 23.2 Å². The summed E-state index contributed by atoms with van der Waals surface area (Å²) in [6, 6.07) is 2.66. The number of benzene rings is 1. The average molecular weight is 441 g/mol. The largest absolute Gasteiger partial charge is 0.484 e. The summed E-state index contributed by atoms with van der Waals surface area (Å²) in [4.78, 5) is 6.09. The third kappa shape index (κ3) is 4.03. The highest BCUT2D eigenvalue weighted by molar-refractivity contribution is 6.02. The highest BCUT2D eigenvalue weighted by atomic mass is 19.4. The SMILES string of the molecule is CC1(Oc2cc3c(cc2F)NN[C@H]3C2=NCNC(N3CCOC(C(F)(F)F)C3)=C2)CC1. The molecule has 0 bridgehead atoms. The molecule has 3 aliphatic heterocycles. The number of hydrogen-bond donors (Lipinski definition) is 3. The molecule has 0 spiro atoms. The lowest BCUT2D eigenvalue weighted by Gasteiger charge is -2.37. The second-order valence-electron chi connectivity index (χ2n) is 8.42. The van der Waals surface area contributed by atoms with Gasteiger partial charge in [0.2, 0.25) is 0 Å². The Morgan fingerprint density at radius 3 is 2.84 bits per heavy atom. The molecular weight excluding hydrogens is 418 g/mol. The second kappa shape index (κ2) is 7.27. The van der Waals surface area contributed by atoms with Crippen molar-refractivity contribution in [1.82, 2.24) is 15.6 Å². The number of alkyl halides is 3. The molecular formula is C20H23F4N5O2. The number of nitrogens with zero attached hydrogens (tertiary/aromatic N) is 2. The van der Waals surface area contributed by atoms with Crippen LogP contribution in [0.1, 0.15) is 31.4 Å². The summed E-state index contributed by atoms with van der Waals surface area (Å²) < 4.78 is 64.4. The van der Waals surface area contributed by atoms with Crippen LogP contribution in [0.3, 0.4) is 0 Å². The van der Waals surface area contributed by atoms with Crippen LogP contribution in [0.5, 0.6) is 5.75 Å². The molecule has 1 aromatic carbocycles. The Morgan fingerprint density at radius 1 is 1.29 bits per heavy atom. The smallest absolute Gasteiger partial charge is 0.416 e. The first-order chi connectivity index (χ1) is 14.7. The van der Waals surface area contributed by atoms with Crippen molar-refractivity contribution in [3.05, 3.63) is 35.4 Å². The standard InChI is InChI=1S/C20H23F4N5O2/c1-19(2-3-19)31-15-6-11-13(7-12(15)21)27-28-18(11)14-8-17(26-10-25-14)29-4-5-30-16(9-29)20(22,23)24/h6-8,16,18,26-28H,2-5,9-10H2,1H3/t16?,18-/m1/s1. The molecule has 3 heterocycles. The monoisotopic (exact) mass is 441 g/mol. The maximum absolute atomic E-state index is 14.5. The lowest BCUT2D eigenvalue weighted by molar-refractivity contribution is -0.235. The number of aliphatic imine (C=N–C) groups is 1. The minimum atomic E-state index is -4.42. The Bertz CT molecular complexity index is 944. The van der Waals surface area contributed by atoms with Gasteiger partial charge in [-0.15, -0.1) is 0 Å². The van der Waals surface area contributed by atoms with E-state index in [0.717, 1.165) is 18.4 Å². The van der Waals surface area contributed by atoms with Crippen LogP contribution in [0, 0.1) is 5.82 Å². The zero-order chi connectivity index (χ0) is 21.8. The van der Waals surface area contributed by atoms with E-state index in [1.54, 1.807) is 17.0 Å². The molecule has 2 atom stereocenters. The van der Waals surface area contributed by atoms with Crippen molar-refractivity contribution in [2.45, 2.75) is 43.7 Å². The fourth-order valence-corrected chi connectivity index (χ4v) is 3.89. The molecule has 7 nitrogen and oxygen atoms in total. The third-order valence-electron chi connectivity index (χ3n) is 5.95. The Balaban J connectivity index is 1.37. The summed E-state index contributed by atoms with van der Waals surface area (Å²) in [6.07, 6.45) is -2.76. The first kappa shape index (κ1) is 20.4. The van der Waals surface area contributed by atoms with Crippen molar-refractivity contribution in [2.75, 3.05) is 31.8 Å². The fraction of sp³-hybridized carbons (Fsp3) is 0.550. The zero-order valence-corrected chi connectivity index (χ0v) is 16.9. The molecule has 31 heavy (non-hydrogen) atoms. The first-order valence-electron chi connectivity index (χ1n) is 10.2. The molecule has 1 aromatic rings. The third-order valence-corrected chi connectivity index (χ3v) is 5.95. The van der Waals surface area contributed by atoms with E-state index < -0.39 is 18.1 Å². The molecule has 4 aliphatic rings. The molecule has 2 fully saturated rings. The van der Waals surface area contributed by atoms with Crippen molar-refractivity contribution in [3.63, 3.8) is 0 Å². The molecule has 0 aromatic heterocycles. The Morgan fingerprint density at radius 2 is 2.10 bits per heavy atom. The van der Waals surface area contributed by atoms with Crippen molar-refractivity contribution in [2.24, 2.45) is 4.99 Å². The Hall–Kier alpha value is -2.53. The van der Waals surface area contributed by atoms with Crippen LogP contribution in [0.2, 0.25) is 0 Å². The van der Waals surface area contributed by atoms with Crippen LogP contribution in [-0.4, -0.2) is 54.9 Å². The van der Waals surface area contributed by atoms with E-state index in [-0.39, 0.29) is 37.2 Å². The van der Waals surface area contributed by atoms with Crippen LogP contribution in [0.25, 0.3) is 0 Å². The van der Waals surface area contributed by atoms with Gasteiger partial charge in [-0.05, 0) is 25.8 Å². The van der Waals surface area contributed by atoms with Gasteiger partial charge < -0.3 is 25.1 Å². The van der Waals surface area contributed by atoms with Gasteiger partial charge in [0.1, 0.15) is 18.1 Å². The number of morpholine rings is 1. The maximum Gasteiger partial charge on any atom is 0.416 e. The van der Waals surface area contributed by atoms with Gasteiger partial charge in [-0.2, -0.15) is 13.2 Å². The van der Waals surface area contributed by atoms with Gasteiger partial charge >= 0.3 is 6.18 Å². The molecule has 0 amide bonds. The van der Waals surface area contributed by atoms with Crippen LogP contribution in [0.15, 0.2) is 29.0 Å². The lowest BCUT2D eigenvalue weighted by Crippen LogP contribution is -2.51. The van der Waals surface area contributed by atoms with E-state index in [1.807, 2.05) is 6.92 Å². The topological polar surface area (TPSA) is 70.2 Å². The number of rotatable bonds is 4. The predicted octanol–water partition coefficient (Wildman–Crippen LogP) is 2.83. The Labute approximate surface area is 176 Å². The number of fused-ring (bicyclic) bond motifs is 1. The van der Waals surface area contributed by atoms with Gasteiger partial charge in [0.25, 0.3) is 0 Å². The van der Waals surface area contributed by atoms with Gasteiger partial charge in [-0.1, -0.05) is 0 Å². The van der Waals surface area contributed by atoms with Crippen molar-refractivity contribution < 1.29 is 27.0 Å². The van der Waals surface area contributed by atoms with Gasteiger partial charge in [0.15, 0.2) is 17.7 Å². The number of ether oxygens (including phenoxy) is 2.